The molecule has 1 aromatic heterocycles. The smallest absolute Gasteiger partial charge is 0.374 e. The quantitative estimate of drug-likeness (QED) is 0.748. The van der Waals surface area contributed by atoms with Crippen LogP contribution in [-0.2, 0) is 24.0 Å². The van der Waals surface area contributed by atoms with Gasteiger partial charge in [-0.05, 0) is 25.3 Å². The molecule has 1 aliphatic rings. The lowest BCUT2D eigenvalue weighted by atomic mass is 9.96. The first-order valence-electron chi connectivity index (χ1n) is 9.92. The zero-order chi connectivity index (χ0) is 21.9. The summed E-state index contributed by atoms with van der Waals surface area (Å²) in [5, 5.41) is 13.0. The third-order valence-electron chi connectivity index (χ3n) is 5.52. The molecule has 164 valence electrons. The summed E-state index contributed by atoms with van der Waals surface area (Å²) in [4.78, 5) is 18.2. The molecular formula is C21H27F3N4O2. The van der Waals surface area contributed by atoms with Gasteiger partial charge < -0.3 is 15.0 Å². The number of imidazole rings is 1. The number of benzene rings is 1. The van der Waals surface area contributed by atoms with Gasteiger partial charge in [0.2, 0.25) is 11.5 Å². The van der Waals surface area contributed by atoms with Gasteiger partial charge in [-0.1, -0.05) is 29.8 Å². The Morgan fingerprint density at radius 1 is 1.30 bits per heavy atom. The predicted molar refractivity (Wildman–Crippen MR) is 105 cm³/mol. The van der Waals surface area contributed by atoms with E-state index in [1.54, 1.807) is 0 Å². The van der Waals surface area contributed by atoms with E-state index >= 15 is 0 Å². The van der Waals surface area contributed by atoms with Crippen LogP contribution in [0.3, 0.4) is 0 Å². The largest absolute Gasteiger partial charge is 0.425 e. The number of carbonyl (C=O) groups is 1. The Hall–Kier alpha value is -2.39. The Labute approximate surface area is 173 Å². The number of nitrogens with zero attached hydrogens (tertiary/aromatic N) is 3. The number of halogens is 3. The van der Waals surface area contributed by atoms with Crippen LogP contribution in [0.15, 0.2) is 36.7 Å². The molecule has 0 aliphatic carbocycles. The highest BCUT2D eigenvalue weighted by atomic mass is 19.4. The van der Waals surface area contributed by atoms with Gasteiger partial charge in [0, 0.05) is 45.1 Å². The van der Waals surface area contributed by atoms with Crippen LogP contribution in [0.1, 0.15) is 36.2 Å². The van der Waals surface area contributed by atoms with Crippen molar-refractivity contribution >= 4 is 5.91 Å². The molecular weight excluding hydrogens is 397 g/mol. The fourth-order valence-corrected chi connectivity index (χ4v) is 3.89. The number of hydrogen-bond acceptors (Lipinski definition) is 4. The molecule has 1 aliphatic heterocycles. The van der Waals surface area contributed by atoms with E-state index in [2.05, 4.69) is 27.3 Å². The maximum absolute atomic E-state index is 13.6. The summed E-state index contributed by atoms with van der Waals surface area (Å²) in [5.41, 5.74) is -0.927. The molecule has 30 heavy (non-hydrogen) atoms. The zero-order valence-electron chi connectivity index (χ0n) is 17.1. The number of piperidine rings is 1. The van der Waals surface area contributed by atoms with Gasteiger partial charge in [-0.3, -0.25) is 9.69 Å². The lowest BCUT2D eigenvalue weighted by Gasteiger charge is -2.34. The molecule has 0 radical (unpaired) electrons. The van der Waals surface area contributed by atoms with E-state index in [1.165, 1.54) is 24.4 Å². The van der Waals surface area contributed by atoms with E-state index in [9.17, 15) is 23.1 Å². The molecule has 1 saturated heterocycles. The van der Waals surface area contributed by atoms with Gasteiger partial charge in [0.05, 0.1) is 6.42 Å². The molecule has 2 aromatic rings. The molecule has 1 unspecified atom stereocenters. The average molecular weight is 424 g/mol. The maximum atomic E-state index is 13.6. The molecule has 0 bridgehead atoms. The standard InChI is InChI=1S/C21H27F3N4O2/c1-15-4-3-5-16(12-15)14-28-9-6-17(7-10-28)26-18(29)13-20(30,21(22,23)24)19-25-8-11-27(19)2/h3-5,8,11-12,17,30H,6-7,9-10,13-14H2,1-2H3,(H,26,29). The highest BCUT2D eigenvalue weighted by Gasteiger charge is 2.58. The molecule has 0 spiro atoms. The summed E-state index contributed by atoms with van der Waals surface area (Å²) in [6, 6.07) is 8.03. The molecule has 3 rings (SSSR count). The van der Waals surface area contributed by atoms with Crippen molar-refractivity contribution in [3.05, 3.63) is 53.6 Å². The highest BCUT2D eigenvalue weighted by molar-refractivity contribution is 5.77. The number of rotatable bonds is 6. The summed E-state index contributed by atoms with van der Waals surface area (Å²) < 4.78 is 41.8. The Morgan fingerprint density at radius 3 is 2.57 bits per heavy atom. The first-order valence-corrected chi connectivity index (χ1v) is 9.92. The van der Waals surface area contributed by atoms with E-state index in [0.717, 1.165) is 30.4 Å². The number of amides is 1. The van der Waals surface area contributed by atoms with Crippen LogP contribution < -0.4 is 5.32 Å². The molecule has 1 atom stereocenters. The summed E-state index contributed by atoms with van der Waals surface area (Å²) >= 11 is 0. The third-order valence-corrected chi connectivity index (χ3v) is 5.52. The van der Waals surface area contributed by atoms with Crippen molar-refractivity contribution in [2.24, 2.45) is 7.05 Å². The zero-order valence-corrected chi connectivity index (χ0v) is 17.1. The molecule has 6 nitrogen and oxygen atoms in total. The Bertz CT molecular complexity index is 875. The molecule has 1 aromatic carbocycles. The minimum Gasteiger partial charge on any atom is -0.374 e. The molecule has 9 heteroatoms. The molecule has 1 fully saturated rings. The topological polar surface area (TPSA) is 70.4 Å². The first-order chi connectivity index (χ1) is 14.1. The summed E-state index contributed by atoms with van der Waals surface area (Å²) in [6.07, 6.45) is -2.40. The minimum atomic E-state index is -5.03. The monoisotopic (exact) mass is 424 g/mol. The Balaban J connectivity index is 1.55. The van der Waals surface area contributed by atoms with Gasteiger partial charge in [-0.25, -0.2) is 4.98 Å². The average Bonchev–Trinajstić information content (AvgIpc) is 3.09. The number of alkyl halides is 3. The van der Waals surface area contributed by atoms with Gasteiger partial charge in [-0.15, -0.1) is 0 Å². The Morgan fingerprint density at radius 2 is 2.00 bits per heavy atom. The highest BCUT2D eigenvalue weighted by Crippen LogP contribution is 2.40. The van der Waals surface area contributed by atoms with Crippen LogP contribution in [-0.4, -0.2) is 50.8 Å². The number of hydrogen-bond donors (Lipinski definition) is 2. The second kappa shape index (κ2) is 8.77. The minimum absolute atomic E-state index is 0.217. The van der Waals surface area contributed by atoms with E-state index in [1.807, 2.05) is 19.1 Å². The number of carbonyl (C=O) groups excluding carboxylic acids is 1. The van der Waals surface area contributed by atoms with Crippen molar-refractivity contribution < 1.29 is 23.1 Å². The van der Waals surface area contributed by atoms with Gasteiger partial charge in [0.15, 0.2) is 5.82 Å². The van der Waals surface area contributed by atoms with Crippen molar-refractivity contribution in [3.8, 4) is 0 Å². The Kier molecular flexibility index (Phi) is 6.52. The first kappa shape index (κ1) is 22.3. The summed E-state index contributed by atoms with van der Waals surface area (Å²) in [6.45, 7) is 4.32. The summed E-state index contributed by atoms with van der Waals surface area (Å²) in [7, 11) is 1.35. The fraction of sp³-hybridized carbons (Fsp3) is 0.524. The van der Waals surface area contributed by atoms with E-state index in [0.29, 0.717) is 12.8 Å². The maximum Gasteiger partial charge on any atom is 0.425 e. The van der Waals surface area contributed by atoms with Crippen LogP contribution in [0.4, 0.5) is 13.2 Å². The van der Waals surface area contributed by atoms with Crippen LogP contribution >= 0.6 is 0 Å². The number of nitrogens with one attached hydrogen (secondary N) is 1. The van der Waals surface area contributed by atoms with E-state index < -0.39 is 29.9 Å². The van der Waals surface area contributed by atoms with Crippen LogP contribution in [0.5, 0.6) is 0 Å². The summed E-state index contributed by atoms with van der Waals surface area (Å²) in [5.74, 6) is -1.44. The van der Waals surface area contributed by atoms with Crippen molar-refractivity contribution in [2.75, 3.05) is 13.1 Å². The van der Waals surface area contributed by atoms with E-state index in [-0.39, 0.29) is 6.04 Å². The van der Waals surface area contributed by atoms with E-state index in [4.69, 9.17) is 0 Å². The number of aliphatic hydroxyl groups is 1. The van der Waals surface area contributed by atoms with Gasteiger partial charge in [0.1, 0.15) is 0 Å². The van der Waals surface area contributed by atoms with Crippen LogP contribution in [0, 0.1) is 6.92 Å². The number of aryl methyl sites for hydroxylation is 2. The molecule has 2 N–H and O–H groups in total. The van der Waals surface area contributed by atoms with Crippen LogP contribution in [0.25, 0.3) is 0 Å². The van der Waals surface area contributed by atoms with Crippen LogP contribution in [0.2, 0.25) is 0 Å². The predicted octanol–water partition coefficient (Wildman–Crippen LogP) is 2.65. The van der Waals surface area contributed by atoms with Gasteiger partial charge >= 0.3 is 6.18 Å². The SMILES string of the molecule is Cc1cccc(CN2CCC(NC(=O)CC(O)(c3nccn3C)C(F)(F)F)CC2)c1. The normalized spacial score (nSPS) is 18.2. The van der Waals surface area contributed by atoms with Gasteiger partial charge in [0.25, 0.3) is 0 Å². The second-order valence-corrected chi connectivity index (χ2v) is 8.00. The second-order valence-electron chi connectivity index (χ2n) is 8.00. The van der Waals surface area contributed by atoms with Crippen molar-refractivity contribution in [3.63, 3.8) is 0 Å². The van der Waals surface area contributed by atoms with Gasteiger partial charge in [-0.2, -0.15) is 13.2 Å². The number of likely N-dealkylation sites (tertiary alicyclic amines) is 1. The molecule has 2 heterocycles. The van der Waals surface area contributed by atoms with Crippen molar-refractivity contribution in [2.45, 2.75) is 50.6 Å². The third kappa shape index (κ3) is 5.02. The lowest BCUT2D eigenvalue weighted by Crippen LogP contribution is -2.50. The van der Waals surface area contributed by atoms with Crippen molar-refractivity contribution in [1.82, 2.24) is 19.8 Å². The number of aromatic nitrogens is 2. The fourth-order valence-electron chi connectivity index (χ4n) is 3.89. The molecule has 1 amide bonds. The lowest BCUT2D eigenvalue weighted by molar-refractivity contribution is -0.271. The molecule has 0 saturated carbocycles. The van der Waals surface area contributed by atoms with Crippen molar-refractivity contribution in [1.29, 1.82) is 0 Å².